The molecule has 0 radical (unpaired) electrons. The fraction of sp³-hybridized carbons (Fsp3) is 1.00. The summed E-state index contributed by atoms with van der Waals surface area (Å²) in [6, 6.07) is 0.0762. The molecular formula is C6H12BF3KNS. The van der Waals surface area contributed by atoms with Gasteiger partial charge >= 0.3 is 58.4 Å². The van der Waals surface area contributed by atoms with Gasteiger partial charge in [-0.25, -0.2) is 0 Å². The third kappa shape index (κ3) is 6.07. The van der Waals surface area contributed by atoms with Crippen LogP contribution >= 0.6 is 11.8 Å². The van der Waals surface area contributed by atoms with Gasteiger partial charge in [0, 0.05) is 24.1 Å². The van der Waals surface area contributed by atoms with Crippen LogP contribution in [0, 0.1) is 0 Å². The molecule has 1 saturated heterocycles. The third-order valence-electron chi connectivity index (χ3n) is 1.95. The van der Waals surface area contributed by atoms with Crippen molar-refractivity contribution >= 4 is 18.7 Å². The molecule has 0 saturated carbocycles. The molecule has 0 aliphatic carbocycles. The second kappa shape index (κ2) is 6.40. The van der Waals surface area contributed by atoms with Gasteiger partial charge in [-0.2, -0.15) is 11.8 Å². The van der Waals surface area contributed by atoms with E-state index in [1.54, 1.807) is 11.8 Å². The minimum atomic E-state index is -4.64. The van der Waals surface area contributed by atoms with Crippen molar-refractivity contribution in [1.82, 2.24) is 4.90 Å². The summed E-state index contributed by atoms with van der Waals surface area (Å²) in [5, 5.41) is 0. The summed E-state index contributed by atoms with van der Waals surface area (Å²) in [6.45, 7) is -2.21. The SMILES string of the molecule is CC1CSCCN1C[B-](F)(F)F.[K+]. The van der Waals surface area contributed by atoms with E-state index < -0.39 is 13.4 Å². The monoisotopic (exact) mass is 237 g/mol. The first-order valence-electron chi connectivity index (χ1n) is 4.02. The molecule has 0 aromatic heterocycles. The van der Waals surface area contributed by atoms with Crippen LogP contribution in [-0.2, 0) is 0 Å². The second-order valence-electron chi connectivity index (χ2n) is 3.13. The van der Waals surface area contributed by atoms with Gasteiger partial charge in [-0.1, -0.05) is 0 Å². The van der Waals surface area contributed by atoms with Crippen molar-refractivity contribution in [1.29, 1.82) is 0 Å². The summed E-state index contributed by atoms with van der Waals surface area (Å²) in [4.78, 5) is 1.52. The van der Waals surface area contributed by atoms with Gasteiger partial charge in [-0.15, -0.1) is 0 Å². The number of nitrogens with zero attached hydrogens (tertiary/aromatic N) is 1. The molecule has 0 bridgehead atoms. The predicted octanol–water partition coefficient (Wildman–Crippen LogP) is -1.19. The topological polar surface area (TPSA) is 3.24 Å². The van der Waals surface area contributed by atoms with Crippen molar-refractivity contribution in [3.8, 4) is 0 Å². The molecule has 1 rings (SSSR count). The first kappa shape index (κ1) is 14.8. The minimum Gasteiger partial charge on any atom is -0.448 e. The van der Waals surface area contributed by atoms with E-state index in [9.17, 15) is 12.9 Å². The van der Waals surface area contributed by atoms with E-state index in [0.29, 0.717) is 6.54 Å². The minimum absolute atomic E-state index is 0. The van der Waals surface area contributed by atoms with Gasteiger partial charge in [-0.05, 0) is 13.4 Å². The van der Waals surface area contributed by atoms with Crippen molar-refractivity contribution in [3.63, 3.8) is 0 Å². The molecular weight excluding hydrogens is 225 g/mol. The van der Waals surface area contributed by atoms with Crippen LogP contribution in [-0.4, -0.2) is 42.4 Å². The Morgan fingerprint density at radius 3 is 2.54 bits per heavy atom. The molecule has 1 aliphatic heterocycles. The summed E-state index contributed by atoms with van der Waals surface area (Å²) in [5.74, 6) is 1.66. The van der Waals surface area contributed by atoms with Crippen molar-refractivity contribution < 1.29 is 64.3 Å². The zero-order chi connectivity index (χ0) is 9.19. The van der Waals surface area contributed by atoms with E-state index >= 15 is 0 Å². The number of hydrogen-bond acceptors (Lipinski definition) is 2. The van der Waals surface area contributed by atoms with E-state index in [4.69, 9.17) is 0 Å². The van der Waals surface area contributed by atoms with Crippen LogP contribution < -0.4 is 51.4 Å². The Balaban J connectivity index is 0.00000144. The molecule has 0 N–H and O–H groups in total. The summed E-state index contributed by atoms with van der Waals surface area (Å²) in [5.41, 5.74) is 0. The van der Waals surface area contributed by atoms with Crippen LogP contribution in [0.5, 0.6) is 0 Å². The molecule has 13 heavy (non-hydrogen) atoms. The van der Waals surface area contributed by atoms with E-state index in [-0.39, 0.29) is 57.4 Å². The molecule has 0 aromatic rings. The molecule has 1 unspecified atom stereocenters. The van der Waals surface area contributed by atoms with Crippen molar-refractivity contribution in [2.24, 2.45) is 0 Å². The fourth-order valence-corrected chi connectivity index (χ4v) is 2.38. The molecule has 1 atom stereocenters. The van der Waals surface area contributed by atoms with Crippen LogP contribution in [0.25, 0.3) is 0 Å². The average Bonchev–Trinajstić information content (AvgIpc) is 1.91. The number of rotatable bonds is 2. The van der Waals surface area contributed by atoms with E-state index in [0.717, 1.165) is 11.5 Å². The molecule has 72 valence electrons. The summed E-state index contributed by atoms with van der Waals surface area (Å²) >= 11 is 1.73. The van der Waals surface area contributed by atoms with Gasteiger partial charge in [0.15, 0.2) is 0 Å². The molecule has 7 heteroatoms. The number of halogens is 3. The van der Waals surface area contributed by atoms with E-state index in [1.807, 2.05) is 6.92 Å². The molecule has 1 nitrogen and oxygen atoms in total. The number of hydrogen-bond donors (Lipinski definition) is 0. The van der Waals surface area contributed by atoms with Crippen molar-refractivity contribution in [3.05, 3.63) is 0 Å². The molecule has 0 aromatic carbocycles. The summed E-state index contributed by atoms with van der Waals surface area (Å²) in [6.07, 6.45) is -0.693. The van der Waals surface area contributed by atoms with Gasteiger partial charge in [0.2, 0.25) is 0 Å². The molecule has 0 amide bonds. The Labute approximate surface area is 124 Å². The Kier molecular flexibility index (Phi) is 7.28. The first-order chi connectivity index (χ1) is 5.49. The predicted molar refractivity (Wildman–Crippen MR) is 47.4 cm³/mol. The van der Waals surface area contributed by atoms with E-state index in [2.05, 4.69) is 0 Å². The Hall–Kier alpha value is 1.80. The standard InChI is InChI=1S/C6H12BF3NS.K/c1-6-4-12-3-2-11(6)5-7(8,9)10;/h6H,2-5H2,1H3;/q-1;+1. The van der Waals surface area contributed by atoms with Crippen LogP contribution in [0.4, 0.5) is 12.9 Å². The van der Waals surface area contributed by atoms with E-state index in [1.165, 1.54) is 4.90 Å². The zero-order valence-electron chi connectivity index (χ0n) is 7.97. The largest absolute Gasteiger partial charge is 1.00 e. The zero-order valence-corrected chi connectivity index (χ0v) is 11.9. The van der Waals surface area contributed by atoms with Crippen LogP contribution in [0.2, 0.25) is 0 Å². The third-order valence-corrected chi connectivity index (χ3v) is 3.14. The quantitative estimate of drug-likeness (QED) is 0.556. The maximum absolute atomic E-state index is 12.0. The molecule has 1 fully saturated rings. The smallest absolute Gasteiger partial charge is 0.448 e. The Morgan fingerprint density at radius 1 is 1.46 bits per heavy atom. The van der Waals surface area contributed by atoms with Crippen molar-refractivity contribution in [2.45, 2.75) is 13.0 Å². The molecule has 0 spiro atoms. The second-order valence-corrected chi connectivity index (χ2v) is 4.28. The Morgan fingerprint density at radius 2 is 2.08 bits per heavy atom. The fourth-order valence-electron chi connectivity index (χ4n) is 1.30. The van der Waals surface area contributed by atoms with Gasteiger partial charge in [0.1, 0.15) is 0 Å². The summed E-state index contributed by atoms with van der Waals surface area (Å²) < 4.78 is 36.1. The van der Waals surface area contributed by atoms with Crippen LogP contribution in [0.1, 0.15) is 6.92 Å². The van der Waals surface area contributed by atoms with Gasteiger partial charge < -0.3 is 17.8 Å². The first-order valence-corrected chi connectivity index (χ1v) is 5.17. The van der Waals surface area contributed by atoms with Gasteiger partial charge in [-0.3, -0.25) is 0 Å². The van der Waals surface area contributed by atoms with Crippen LogP contribution in [0.15, 0.2) is 0 Å². The maximum atomic E-state index is 12.0. The molecule has 1 aliphatic rings. The maximum Gasteiger partial charge on any atom is 1.00 e. The molecule has 1 heterocycles. The van der Waals surface area contributed by atoms with Gasteiger partial charge in [0.25, 0.3) is 0 Å². The summed E-state index contributed by atoms with van der Waals surface area (Å²) in [7, 11) is 0. The normalized spacial score (nSPS) is 25.4. The van der Waals surface area contributed by atoms with Gasteiger partial charge in [0.05, 0.1) is 0 Å². The number of thioether (sulfide) groups is 1. The van der Waals surface area contributed by atoms with Crippen LogP contribution in [0.3, 0.4) is 0 Å². The average molecular weight is 237 g/mol. The van der Waals surface area contributed by atoms with Crippen molar-refractivity contribution in [2.75, 3.05) is 24.5 Å². The Bertz CT molecular complexity index is 157.